The highest BCUT2D eigenvalue weighted by Crippen LogP contribution is 2.23. The maximum atomic E-state index is 5.65. The van der Waals surface area contributed by atoms with Crippen LogP contribution in [0.2, 0.25) is 0 Å². The number of unbranched alkanes of at least 4 members (excludes halogenated alkanes) is 2. The van der Waals surface area contributed by atoms with Crippen LogP contribution in [0.4, 0.5) is 0 Å². The van der Waals surface area contributed by atoms with E-state index in [9.17, 15) is 0 Å². The van der Waals surface area contributed by atoms with Crippen LogP contribution in [0.15, 0.2) is 47.2 Å². The van der Waals surface area contributed by atoms with Crippen LogP contribution in [0.25, 0.3) is 17.2 Å². The van der Waals surface area contributed by atoms with Crippen molar-refractivity contribution in [2.45, 2.75) is 19.3 Å². The molecule has 0 fully saturated rings. The first-order valence-electron chi connectivity index (χ1n) is 6.25. The largest absolute Gasteiger partial charge is 0.152 e. The van der Waals surface area contributed by atoms with Crippen molar-refractivity contribution >= 4 is 29.0 Å². The third kappa shape index (κ3) is 4.01. The van der Waals surface area contributed by atoms with Crippen molar-refractivity contribution in [1.82, 2.24) is 0 Å². The van der Waals surface area contributed by atoms with Crippen molar-refractivity contribution in [2.75, 3.05) is 5.88 Å². The summed E-state index contributed by atoms with van der Waals surface area (Å²) in [5.74, 6) is 0.765. The zero-order chi connectivity index (χ0) is 12.6. The van der Waals surface area contributed by atoms with Crippen LogP contribution in [0, 0.1) is 0 Å². The number of hydrogen-bond donors (Lipinski definition) is 0. The predicted molar refractivity (Wildman–Crippen MR) is 83.4 cm³/mol. The van der Waals surface area contributed by atoms with E-state index in [4.69, 9.17) is 11.6 Å². The Morgan fingerprint density at radius 2 is 2.06 bits per heavy atom. The normalized spacial score (nSPS) is 11.2. The van der Waals surface area contributed by atoms with Crippen LogP contribution in [-0.2, 0) is 0 Å². The minimum atomic E-state index is 0.765. The van der Waals surface area contributed by atoms with Gasteiger partial charge >= 0.3 is 0 Å². The van der Waals surface area contributed by atoms with Gasteiger partial charge in [-0.3, -0.25) is 0 Å². The fraction of sp³-hybridized carbons (Fsp3) is 0.250. The zero-order valence-electron chi connectivity index (χ0n) is 10.3. The van der Waals surface area contributed by atoms with Gasteiger partial charge in [0, 0.05) is 5.88 Å². The molecule has 18 heavy (non-hydrogen) atoms. The summed E-state index contributed by atoms with van der Waals surface area (Å²) < 4.78 is 0. The number of benzene rings is 1. The number of thiophene rings is 1. The van der Waals surface area contributed by atoms with Gasteiger partial charge in [0.2, 0.25) is 0 Å². The maximum absolute atomic E-state index is 5.65. The molecule has 1 aromatic carbocycles. The van der Waals surface area contributed by atoms with Crippen LogP contribution in [-0.4, -0.2) is 5.88 Å². The van der Waals surface area contributed by atoms with Crippen LogP contribution >= 0.6 is 22.9 Å². The van der Waals surface area contributed by atoms with E-state index in [1.54, 1.807) is 11.3 Å². The summed E-state index contributed by atoms with van der Waals surface area (Å²) in [6.07, 6.45) is 7.81. The lowest BCUT2D eigenvalue weighted by Crippen LogP contribution is -1.77. The molecule has 0 aliphatic carbocycles. The standard InChI is InChI=1S/C16H17ClS/c17-10-4-2-1-3-6-14-7-5-8-15(12-14)16-9-11-18-13-16/h3,5-9,11-13H,1-2,4,10H2/b6-3+. The highest BCUT2D eigenvalue weighted by atomic mass is 35.5. The van der Waals surface area contributed by atoms with Gasteiger partial charge in [0.15, 0.2) is 0 Å². The van der Waals surface area contributed by atoms with Crippen LogP contribution in [0.5, 0.6) is 0 Å². The highest BCUT2D eigenvalue weighted by molar-refractivity contribution is 7.08. The SMILES string of the molecule is ClCCCC/C=C/c1cccc(-c2ccsc2)c1. The minimum absolute atomic E-state index is 0.765. The number of alkyl halides is 1. The second-order valence-electron chi connectivity index (χ2n) is 4.22. The minimum Gasteiger partial charge on any atom is -0.152 e. The molecule has 0 nitrogen and oxygen atoms in total. The third-order valence-electron chi connectivity index (χ3n) is 2.81. The van der Waals surface area contributed by atoms with Gasteiger partial charge in [-0.05, 0) is 58.8 Å². The second-order valence-corrected chi connectivity index (χ2v) is 5.38. The summed E-state index contributed by atoms with van der Waals surface area (Å²) >= 11 is 7.39. The molecular formula is C16H17ClS. The second kappa shape index (κ2) is 7.40. The lowest BCUT2D eigenvalue weighted by Gasteiger charge is -2.00. The van der Waals surface area contributed by atoms with E-state index in [-0.39, 0.29) is 0 Å². The molecule has 0 radical (unpaired) electrons. The first-order chi connectivity index (χ1) is 8.90. The van der Waals surface area contributed by atoms with Crippen molar-refractivity contribution in [3.8, 4) is 11.1 Å². The van der Waals surface area contributed by atoms with Gasteiger partial charge in [0.1, 0.15) is 0 Å². The Labute approximate surface area is 118 Å². The van der Waals surface area contributed by atoms with E-state index < -0.39 is 0 Å². The van der Waals surface area contributed by atoms with Crippen molar-refractivity contribution < 1.29 is 0 Å². The van der Waals surface area contributed by atoms with Crippen LogP contribution in [0.1, 0.15) is 24.8 Å². The molecule has 94 valence electrons. The van der Waals surface area contributed by atoms with E-state index in [2.05, 4.69) is 53.2 Å². The fourth-order valence-electron chi connectivity index (χ4n) is 1.83. The molecule has 1 heterocycles. The van der Waals surface area contributed by atoms with Crippen LogP contribution < -0.4 is 0 Å². The van der Waals surface area contributed by atoms with Gasteiger partial charge in [0.25, 0.3) is 0 Å². The zero-order valence-corrected chi connectivity index (χ0v) is 11.9. The number of allylic oxidation sites excluding steroid dienone is 1. The Bertz CT molecular complexity index is 486. The Balaban J connectivity index is 1.99. The number of halogens is 1. The van der Waals surface area contributed by atoms with Crippen molar-refractivity contribution in [3.63, 3.8) is 0 Å². The van der Waals surface area contributed by atoms with Crippen molar-refractivity contribution in [2.24, 2.45) is 0 Å². The third-order valence-corrected chi connectivity index (χ3v) is 3.76. The molecule has 0 aliphatic rings. The number of hydrogen-bond acceptors (Lipinski definition) is 1. The quantitative estimate of drug-likeness (QED) is 0.459. The maximum Gasteiger partial charge on any atom is 0.0223 e. The smallest absolute Gasteiger partial charge is 0.0223 e. The Morgan fingerprint density at radius 1 is 1.11 bits per heavy atom. The van der Waals surface area contributed by atoms with Crippen molar-refractivity contribution in [1.29, 1.82) is 0 Å². The molecule has 0 aliphatic heterocycles. The first kappa shape index (κ1) is 13.4. The summed E-state index contributed by atoms with van der Waals surface area (Å²) in [6.45, 7) is 0. The molecule has 0 spiro atoms. The molecule has 0 unspecified atom stereocenters. The first-order valence-corrected chi connectivity index (χ1v) is 7.73. The number of rotatable bonds is 6. The van der Waals surface area contributed by atoms with E-state index in [1.807, 2.05) is 0 Å². The van der Waals surface area contributed by atoms with E-state index in [0.29, 0.717) is 0 Å². The van der Waals surface area contributed by atoms with E-state index >= 15 is 0 Å². The van der Waals surface area contributed by atoms with E-state index in [0.717, 1.165) is 18.7 Å². The molecule has 0 N–H and O–H groups in total. The summed E-state index contributed by atoms with van der Waals surface area (Å²) in [7, 11) is 0. The molecular weight excluding hydrogens is 260 g/mol. The average Bonchev–Trinajstić information content (AvgIpc) is 2.93. The molecule has 0 bridgehead atoms. The average molecular weight is 277 g/mol. The lowest BCUT2D eigenvalue weighted by atomic mass is 10.1. The monoisotopic (exact) mass is 276 g/mol. The van der Waals surface area contributed by atoms with Gasteiger partial charge in [-0.15, -0.1) is 11.6 Å². The molecule has 0 amide bonds. The van der Waals surface area contributed by atoms with Gasteiger partial charge in [-0.25, -0.2) is 0 Å². The predicted octanol–water partition coefficient (Wildman–Crippen LogP) is 5.84. The van der Waals surface area contributed by atoms with Gasteiger partial charge in [0.05, 0.1) is 0 Å². The topological polar surface area (TPSA) is 0 Å². The Morgan fingerprint density at radius 3 is 2.83 bits per heavy atom. The lowest BCUT2D eigenvalue weighted by molar-refractivity contribution is 0.822. The summed E-state index contributed by atoms with van der Waals surface area (Å²) in [5, 5.41) is 4.30. The molecule has 1 aromatic heterocycles. The molecule has 0 saturated carbocycles. The highest BCUT2D eigenvalue weighted by Gasteiger charge is 1.97. The van der Waals surface area contributed by atoms with Gasteiger partial charge in [-0.2, -0.15) is 11.3 Å². The summed E-state index contributed by atoms with van der Waals surface area (Å²) in [5.41, 5.74) is 3.86. The van der Waals surface area contributed by atoms with E-state index in [1.165, 1.54) is 23.1 Å². The Hall–Kier alpha value is -1.05. The fourth-order valence-corrected chi connectivity index (χ4v) is 2.68. The van der Waals surface area contributed by atoms with Gasteiger partial charge in [-0.1, -0.05) is 30.4 Å². The van der Waals surface area contributed by atoms with Gasteiger partial charge < -0.3 is 0 Å². The molecule has 0 saturated heterocycles. The summed E-state index contributed by atoms with van der Waals surface area (Å²) in [6, 6.07) is 10.8. The molecule has 2 rings (SSSR count). The molecule has 2 aromatic rings. The molecule has 2 heteroatoms. The Kier molecular flexibility index (Phi) is 5.50. The van der Waals surface area contributed by atoms with Crippen LogP contribution in [0.3, 0.4) is 0 Å². The summed E-state index contributed by atoms with van der Waals surface area (Å²) in [4.78, 5) is 0. The molecule has 0 atom stereocenters. The van der Waals surface area contributed by atoms with Crippen molar-refractivity contribution in [3.05, 3.63) is 52.7 Å².